The maximum absolute atomic E-state index is 10.3. The molecule has 3 nitrogen and oxygen atoms in total. The summed E-state index contributed by atoms with van der Waals surface area (Å²) in [6, 6.07) is 0. The van der Waals surface area contributed by atoms with E-state index in [1.165, 1.54) is 0 Å². The van der Waals surface area contributed by atoms with Gasteiger partial charge in [-0.25, -0.2) is 4.79 Å². The van der Waals surface area contributed by atoms with Crippen LogP contribution in [0.25, 0.3) is 0 Å². The first kappa shape index (κ1) is 7.85. The maximum Gasteiger partial charge on any atom is 0.405 e. The van der Waals surface area contributed by atoms with E-state index in [1.807, 2.05) is 31.2 Å². The van der Waals surface area contributed by atoms with Crippen LogP contribution in [0.4, 0.5) is 4.79 Å². The van der Waals surface area contributed by atoms with Gasteiger partial charge in [-0.15, -0.1) is 0 Å². The molecule has 0 saturated carbocycles. The highest BCUT2D eigenvalue weighted by atomic mass is 16.4. The van der Waals surface area contributed by atoms with Gasteiger partial charge in [-0.1, -0.05) is 24.3 Å². The molecule has 1 atom stereocenters. The summed E-state index contributed by atoms with van der Waals surface area (Å²) >= 11 is 0. The number of nitrogens with one attached hydrogen (secondary N) is 1. The average Bonchev–Trinajstić information content (AvgIpc) is 1.85. The van der Waals surface area contributed by atoms with Crippen LogP contribution >= 0.6 is 0 Å². The van der Waals surface area contributed by atoms with Crippen LogP contribution in [0.5, 0.6) is 0 Å². The topological polar surface area (TPSA) is 49.3 Å². The van der Waals surface area contributed by atoms with Crippen molar-refractivity contribution in [3.63, 3.8) is 0 Å². The molecule has 2 N–H and O–H groups in total. The fourth-order valence-electron chi connectivity index (χ4n) is 1.06. The normalized spacial score (nSPS) is 28.5. The molecule has 0 bridgehead atoms. The number of amides is 1. The van der Waals surface area contributed by atoms with Gasteiger partial charge in [0.1, 0.15) is 0 Å². The molecule has 1 aliphatic rings. The Morgan fingerprint density at radius 1 is 1.64 bits per heavy atom. The quantitative estimate of drug-likeness (QED) is 0.600. The van der Waals surface area contributed by atoms with Crippen LogP contribution in [0, 0.1) is 0 Å². The third-order valence-electron chi connectivity index (χ3n) is 1.65. The highest BCUT2D eigenvalue weighted by Gasteiger charge is 2.22. The number of carboxylic acid groups (broad SMARTS) is 1. The fraction of sp³-hybridized carbons (Fsp3) is 0.375. The van der Waals surface area contributed by atoms with E-state index in [-0.39, 0.29) is 0 Å². The molecule has 1 unspecified atom stereocenters. The molecule has 0 aromatic carbocycles. The molecule has 0 aromatic heterocycles. The van der Waals surface area contributed by atoms with Gasteiger partial charge in [0.15, 0.2) is 0 Å². The van der Waals surface area contributed by atoms with Gasteiger partial charge < -0.3 is 10.4 Å². The van der Waals surface area contributed by atoms with Crippen LogP contribution in [0.1, 0.15) is 13.3 Å². The monoisotopic (exact) mass is 153 g/mol. The largest absolute Gasteiger partial charge is 0.465 e. The zero-order chi connectivity index (χ0) is 8.32. The predicted octanol–water partition coefficient (Wildman–Crippen LogP) is 1.53. The molecule has 0 heterocycles. The minimum Gasteiger partial charge on any atom is -0.465 e. The third-order valence-corrected chi connectivity index (χ3v) is 1.65. The molecule has 0 saturated heterocycles. The average molecular weight is 153 g/mol. The Kier molecular flexibility index (Phi) is 1.98. The van der Waals surface area contributed by atoms with E-state index in [4.69, 9.17) is 5.11 Å². The van der Waals surface area contributed by atoms with Crippen molar-refractivity contribution in [3.8, 4) is 0 Å². The fourth-order valence-corrected chi connectivity index (χ4v) is 1.06. The zero-order valence-electron chi connectivity index (χ0n) is 6.37. The second-order valence-corrected chi connectivity index (χ2v) is 2.84. The Labute approximate surface area is 65.4 Å². The van der Waals surface area contributed by atoms with E-state index in [1.54, 1.807) is 0 Å². The molecule has 3 heteroatoms. The maximum atomic E-state index is 10.3. The van der Waals surface area contributed by atoms with Crippen LogP contribution in [0.15, 0.2) is 24.3 Å². The molecule has 0 aromatic rings. The molecule has 0 spiro atoms. The van der Waals surface area contributed by atoms with Gasteiger partial charge in [0.05, 0.1) is 5.54 Å². The Hall–Kier alpha value is -1.25. The summed E-state index contributed by atoms with van der Waals surface area (Å²) in [5, 5.41) is 10.9. The summed E-state index contributed by atoms with van der Waals surface area (Å²) in [6.07, 6.45) is 7.28. The Bertz CT molecular complexity index is 220. The van der Waals surface area contributed by atoms with E-state index < -0.39 is 11.6 Å². The first-order valence-electron chi connectivity index (χ1n) is 3.48. The number of hydrogen-bond donors (Lipinski definition) is 2. The lowest BCUT2D eigenvalue weighted by atomic mass is 9.94. The van der Waals surface area contributed by atoms with Crippen molar-refractivity contribution in [3.05, 3.63) is 24.3 Å². The summed E-state index contributed by atoms with van der Waals surface area (Å²) in [5.74, 6) is 0. The molecule has 0 radical (unpaired) electrons. The van der Waals surface area contributed by atoms with Gasteiger partial charge in [0, 0.05) is 0 Å². The molecule has 0 aliphatic heterocycles. The van der Waals surface area contributed by atoms with Crippen LogP contribution in [0.3, 0.4) is 0 Å². The smallest absolute Gasteiger partial charge is 0.405 e. The van der Waals surface area contributed by atoms with Crippen molar-refractivity contribution in [2.45, 2.75) is 18.9 Å². The van der Waals surface area contributed by atoms with Crippen LogP contribution < -0.4 is 5.32 Å². The lowest BCUT2D eigenvalue weighted by Crippen LogP contribution is -2.43. The number of hydrogen-bond acceptors (Lipinski definition) is 1. The SMILES string of the molecule is CC1(NC(=O)O)C=CC=CC1. The summed E-state index contributed by atoms with van der Waals surface area (Å²) in [7, 11) is 0. The number of allylic oxidation sites excluding steroid dienone is 2. The molecule has 0 fully saturated rings. The van der Waals surface area contributed by atoms with Crippen molar-refractivity contribution in [2.75, 3.05) is 0 Å². The second-order valence-electron chi connectivity index (χ2n) is 2.84. The standard InChI is InChI=1S/C8H11NO2/c1-8(9-7(10)11)5-3-2-4-6-8/h2-5,9H,6H2,1H3,(H,10,11). The number of rotatable bonds is 1. The first-order chi connectivity index (χ1) is 5.12. The molecule has 60 valence electrons. The van der Waals surface area contributed by atoms with Gasteiger partial charge in [0.2, 0.25) is 0 Å². The first-order valence-corrected chi connectivity index (χ1v) is 3.48. The van der Waals surface area contributed by atoms with Gasteiger partial charge >= 0.3 is 6.09 Å². The lowest BCUT2D eigenvalue weighted by molar-refractivity contribution is 0.185. The highest BCUT2D eigenvalue weighted by molar-refractivity contribution is 5.66. The summed E-state index contributed by atoms with van der Waals surface area (Å²) < 4.78 is 0. The van der Waals surface area contributed by atoms with Crippen LogP contribution in [-0.4, -0.2) is 16.7 Å². The Balaban J connectivity index is 2.61. The Morgan fingerprint density at radius 3 is 2.82 bits per heavy atom. The summed E-state index contributed by atoms with van der Waals surface area (Å²) in [5.41, 5.74) is -0.416. The van der Waals surface area contributed by atoms with Crippen LogP contribution in [-0.2, 0) is 0 Å². The van der Waals surface area contributed by atoms with Crippen molar-refractivity contribution in [1.29, 1.82) is 0 Å². The molecule has 1 rings (SSSR count). The van der Waals surface area contributed by atoms with Crippen molar-refractivity contribution in [2.24, 2.45) is 0 Å². The molecule has 1 amide bonds. The minimum atomic E-state index is -0.979. The van der Waals surface area contributed by atoms with Gasteiger partial charge in [0.25, 0.3) is 0 Å². The van der Waals surface area contributed by atoms with Crippen molar-refractivity contribution >= 4 is 6.09 Å². The zero-order valence-corrected chi connectivity index (χ0v) is 6.37. The lowest BCUT2D eigenvalue weighted by Gasteiger charge is -2.25. The Morgan fingerprint density at radius 2 is 2.36 bits per heavy atom. The van der Waals surface area contributed by atoms with Crippen LogP contribution in [0.2, 0.25) is 0 Å². The predicted molar refractivity (Wildman–Crippen MR) is 42.5 cm³/mol. The number of carbonyl (C=O) groups is 1. The van der Waals surface area contributed by atoms with E-state index in [9.17, 15) is 4.79 Å². The van der Waals surface area contributed by atoms with E-state index in [0.717, 1.165) is 6.42 Å². The van der Waals surface area contributed by atoms with E-state index >= 15 is 0 Å². The van der Waals surface area contributed by atoms with Gasteiger partial charge in [-0.2, -0.15) is 0 Å². The summed E-state index contributed by atoms with van der Waals surface area (Å²) in [4.78, 5) is 10.3. The van der Waals surface area contributed by atoms with Crippen molar-refractivity contribution < 1.29 is 9.90 Å². The molecular weight excluding hydrogens is 142 g/mol. The second kappa shape index (κ2) is 2.78. The van der Waals surface area contributed by atoms with Gasteiger partial charge in [-0.05, 0) is 13.3 Å². The molecule has 11 heavy (non-hydrogen) atoms. The third kappa shape index (κ3) is 2.11. The summed E-state index contributed by atoms with van der Waals surface area (Å²) in [6.45, 7) is 1.85. The minimum absolute atomic E-state index is 0.416. The van der Waals surface area contributed by atoms with E-state index in [0.29, 0.717) is 0 Å². The van der Waals surface area contributed by atoms with Gasteiger partial charge in [-0.3, -0.25) is 0 Å². The molecule has 1 aliphatic carbocycles. The molecular formula is C8H11NO2. The van der Waals surface area contributed by atoms with E-state index in [2.05, 4.69) is 5.32 Å². The van der Waals surface area contributed by atoms with Crippen molar-refractivity contribution in [1.82, 2.24) is 5.32 Å². The highest BCUT2D eigenvalue weighted by Crippen LogP contribution is 2.15.